The summed E-state index contributed by atoms with van der Waals surface area (Å²) in [6.07, 6.45) is 0. The smallest absolute Gasteiger partial charge is 0.315 e. The van der Waals surface area contributed by atoms with Crippen molar-refractivity contribution in [3.63, 3.8) is 0 Å². The highest BCUT2D eigenvalue weighted by molar-refractivity contribution is 8.69. The SMILES string of the molecule is CC(C)(C)CNCCSS(=O)(=O)O. The van der Waals surface area contributed by atoms with Gasteiger partial charge in [0.1, 0.15) is 0 Å². The Morgan fingerprint density at radius 3 is 2.31 bits per heavy atom. The van der Waals surface area contributed by atoms with E-state index in [2.05, 4.69) is 26.1 Å². The van der Waals surface area contributed by atoms with E-state index in [-0.39, 0.29) is 5.41 Å². The van der Waals surface area contributed by atoms with Crippen LogP contribution in [-0.4, -0.2) is 31.8 Å². The van der Waals surface area contributed by atoms with Crippen molar-refractivity contribution in [2.24, 2.45) is 5.41 Å². The van der Waals surface area contributed by atoms with Crippen molar-refractivity contribution >= 4 is 19.9 Å². The van der Waals surface area contributed by atoms with Crippen LogP contribution in [0.15, 0.2) is 0 Å². The lowest BCUT2D eigenvalue weighted by molar-refractivity contribution is 0.386. The molecule has 0 fully saturated rings. The Kier molecular flexibility index (Phi) is 5.28. The van der Waals surface area contributed by atoms with E-state index in [4.69, 9.17) is 4.55 Å². The minimum absolute atomic E-state index is 0.197. The zero-order valence-corrected chi connectivity index (χ0v) is 9.83. The van der Waals surface area contributed by atoms with Crippen molar-refractivity contribution in [2.45, 2.75) is 20.8 Å². The molecule has 0 heterocycles. The van der Waals surface area contributed by atoms with Crippen LogP contribution in [0.5, 0.6) is 0 Å². The van der Waals surface area contributed by atoms with Crippen LogP contribution in [0.1, 0.15) is 20.8 Å². The third kappa shape index (κ3) is 12.2. The zero-order valence-electron chi connectivity index (χ0n) is 8.20. The van der Waals surface area contributed by atoms with E-state index >= 15 is 0 Å². The first-order chi connectivity index (χ1) is 5.71. The van der Waals surface area contributed by atoms with Gasteiger partial charge in [-0.05, 0) is 16.2 Å². The molecule has 0 aliphatic carbocycles. The van der Waals surface area contributed by atoms with Gasteiger partial charge in [0.15, 0.2) is 0 Å². The van der Waals surface area contributed by atoms with E-state index in [1.807, 2.05) is 0 Å². The van der Waals surface area contributed by atoms with Gasteiger partial charge in [-0.2, -0.15) is 8.42 Å². The molecular formula is C7H17NO3S2. The molecule has 0 radical (unpaired) electrons. The van der Waals surface area contributed by atoms with Crippen LogP contribution < -0.4 is 5.32 Å². The molecule has 13 heavy (non-hydrogen) atoms. The maximum atomic E-state index is 10.3. The van der Waals surface area contributed by atoms with Crippen molar-refractivity contribution < 1.29 is 13.0 Å². The lowest BCUT2D eigenvalue weighted by Gasteiger charge is -2.18. The van der Waals surface area contributed by atoms with Gasteiger partial charge in [-0.3, -0.25) is 4.55 Å². The minimum Gasteiger partial charge on any atom is -0.315 e. The van der Waals surface area contributed by atoms with Gasteiger partial charge in [0.25, 0.3) is 0 Å². The average Bonchev–Trinajstić information content (AvgIpc) is 1.81. The Morgan fingerprint density at radius 1 is 1.38 bits per heavy atom. The Morgan fingerprint density at radius 2 is 1.92 bits per heavy atom. The Labute approximate surface area is 83.6 Å². The molecule has 4 nitrogen and oxygen atoms in total. The molecule has 0 saturated heterocycles. The highest BCUT2D eigenvalue weighted by Gasteiger charge is 2.09. The molecule has 0 spiro atoms. The van der Waals surface area contributed by atoms with Gasteiger partial charge in [0.05, 0.1) is 0 Å². The second-order valence-corrected chi connectivity index (χ2v) is 7.46. The summed E-state index contributed by atoms with van der Waals surface area (Å²) in [6, 6.07) is 0. The van der Waals surface area contributed by atoms with Gasteiger partial charge in [0, 0.05) is 18.8 Å². The third-order valence-corrected chi connectivity index (χ3v) is 3.23. The maximum absolute atomic E-state index is 10.3. The molecule has 0 unspecified atom stereocenters. The molecule has 0 aliphatic rings. The van der Waals surface area contributed by atoms with E-state index in [0.717, 1.165) is 6.54 Å². The summed E-state index contributed by atoms with van der Waals surface area (Å²) in [5.41, 5.74) is 0.197. The van der Waals surface area contributed by atoms with Crippen molar-refractivity contribution in [1.29, 1.82) is 0 Å². The van der Waals surface area contributed by atoms with Crippen LogP contribution in [0.25, 0.3) is 0 Å². The van der Waals surface area contributed by atoms with E-state index in [1.54, 1.807) is 0 Å². The Balaban J connectivity index is 3.39. The highest BCUT2D eigenvalue weighted by atomic mass is 33.1. The number of hydrogen-bond acceptors (Lipinski definition) is 4. The van der Waals surface area contributed by atoms with Crippen LogP contribution >= 0.6 is 10.8 Å². The van der Waals surface area contributed by atoms with Crippen LogP contribution in [0.4, 0.5) is 0 Å². The second kappa shape index (κ2) is 5.19. The summed E-state index contributed by atoms with van der Waals surface area (Å²) in [5, 5.41) is 3.10. The molecule has 0 aromatic carbocycles. The summed E-state index contributed by atoms with van der Waals surface area (Å²) in [4.78, 5) is 0. The molecular weight excluding hydrogens is 210 g/mol. The van der Waals surface area contributed by atoms with Crippen molar-refractivity contribution in [3.8, 4) is 0 Å². The fourth-order valence-corrected chi connectivity index (χ4v) is 2.00. The van der Waals surface area contributed by atoms with Gasteiger partial charge < -0.3 is 5.32 Å². The monoisotopic (exact) mass is 227 g/mol. The first-order valence-corrected chi connectivity index (χ1v) is 6.97. The molecule has 0 rings (SSSR count). The lowest BCUT2D eigenvalue weighted by atomic mass is 9.97. The predicted octanol–water partition coefficient (Wildman–Crippen LogP) is 1.16. The highest BCUT2D eigenvalue weighted by Crippen LogP contribution is 2.11. The number of hydrogen-bond donors (Lipinski definition) is 2. The van der Waals surface area contributed by atoms with Crippen LogP contribution in [-0.2, 0) is 9.15 Å². The molecule has 0 bridgehead atoms. The quantitative estimate of drug-likeness (QED) is 0.419. The molecule has 6 heteroatoms. The van der Waals surface area contributed by atoms with Crippen molar-refractivity contribution in [1.82, 2.24) is 5.32 Å². The Hall–Kier alpha value is 0.220. The summed E-state index contributed by atoms with van der Waals surface area (Å²) >= 11 is 0. The molecule has 0 atom stereocenters. The first kappa shape index (κ1) is 13.2. The molecule has 2 N–H and O–H groups in total. The predicted molar refractivity (Wildman–Crippen MR) is 56.3 cm³/mol. The summed E-state index contributed by atoms with van der Waals surface area (Å²) < 4.78 is 28.9. The van der Waals surface area contributed by atoms with E-state index in [9.17, 15) is 8.42 Å². The molecule has 0 amide bonds. The van der Waals surface area contributed by atoms with Crippen molar-refractivity contribution in [2.75, 3.05) is 18.8 Å². The van der Waals surface area contributed by atoms with E-state index < -0.39 is 9.15 Å². The number of rotatable bonds is 5. The first-order valence-electron chi connectivity index (χ1n) is 4.03. The van der Waals surface area contributed by atoms with Gasteiger partial charge >= 0.3 is 9.15 Å². The fraction of sp³-hybridized carbons (Fsp3) is 1.00. The van der Waals surface area contributed by atoms with Gasteiger partial charge in [-0.25, -0.2) is 0 Å². The number of nitrogens with one attached hydrogen (secondary N) is 1. The molecule has 0 aromatic rings. The van der Waals surface area contributed by atoms with Gasteiger partial charge in [-0.1, -0.05) is 20.8 Å². The Bertz CT molecular complexity index is 231. The molecule has 0 aromatic heterocycles. The molecule has 0 saturated carbocycles. The largest absolute Gasteiger partial charge is 0.319 e. The van der Waals surface area contributed by atoms with Gasteiger partial charge in [-0.15, -0.1) is 0 Å². The van der Waals surface area contributed by atoms with Crippen molar-refractivity contribution in [3.05, 3.63) is 0 Å². The normalized spacial score (nSPS) is 13.2. The summed E-state index contributed by atoms with van der Waals surface area (Å²) in [7, 11) is -3.31. The molecule has 80 valence electrons. The van der Waals surface area contributed by atoms with Crippen LogP contribution in [0.2, 0.25) is 0 Å². The third-order valence-electron chi connectivity index (χ3n) is 1.17. The molecule has 0 aliphatic heterocycles. The maximum Gasteiger partial charge on any atom is 0.319 e. The standard InChI is InChI=1S/C7H17NO3S2/c1-7(2,3)6-8-4-5-12-13(9,10)11/h8H,4-6H2,1-3H3,(H,9,10,11). The van der Waals surface area contributed by atoms with Crippen LogP contribution in [0, 0.1) is 5.41 Å². The van der Waals surface area contributed by atoms with Crippen LogP contribution in [0.3, 0.4) is 0 Å². The minimum atomic E-state index is -3.86. The average molecular weight is 227 g/mol. The summed E-state index contributed by atoms with van der Waals surface area (Å²) in [5.74, 6) is 0.370. The van der Waals surface area contributed by atoms with Gasteiger partial charge in [0.2, 0.25) is 0 Å². The second-order valence-electron chi connectivity index (χ2n) is 3.99. The fourth-order valence-electron chi connectivity index (χ4n) is 0.683. The van der Waals surface area contributed by atoms with E-state index in [0.29, 0.717) is 23.1 Å². The lowest BCUT2D eigenvalue weighted by Crippen LogP contribution is -2.28. The van der Waals surface area contributed by atoms with E-state index in [1.165, 1.54) is 0 Å². The topological polar surface area (TPSA) is 66.4 Å². The summed E-state index contributed by atoms with van der Waals surface area (Å²) in [6.45, 7) is 7.70. The zero-order chi connectivity index (χ0) is 10.5.